The zero-order valence-corrected chi connectivity index (χ0v) is 17.9. The number of para-hydroxylation sites is 1. The Hall–Kier alpha value is -3.35. The number of aryl methyl sites for hydroxylation is 1. The molecule has 0 saturated heterocycles. The second-order valence-corrected chi connectivity index (χ2v) is 8.14. The molecule has 4 rings (SSSR count). The van der Waals surface area contributed by atoms with Crippen LogP contribution in [0, 0.1) is 6.92 Å². The van der Waals surface area contributed by atoms with Gasteiger partial charge in [-0.15, -0.1) is 11.3 Å². The van der Waals surface area contributed by atoms with E-state index in [0.29, 0.717) is 0 Å². The normalized spacial score (nSPS) is 11.0. The lowest BCUT2D eigenvalue weighted by atomic mass is 10.1. The number of thiocarbonyl (C=S) groups is 1. The van der Waals surface area contributed by atoms with Crippen LogP contribution in [0.1, 0.15) is 11.1 Å². The average molecular weight is 430 g/mol. The summed E-state index contributed by atoms with van der Waals surface area (Å²) in [6.45, 7) is 2.00. The topological polar surface area (TPSA) is 54.0 Å². The van der Waals surface area contributed by atoms with E-state index in [1.54, 1.807) is 17.4 Å². The van der Waals surface area contributed by atoms with Gasteiger partial charge in [0, 0.05) is 17.3 Å². The van der Waals surface area contributed by atoms with Gasteiger partial charge in [0.2, 0.25) is 5.91 Å². The molecule has 0 atom stereocenters. The average Bonchev–Trinajstić information content (AvgIpc) is 3.19. The van der Waals surface area contributed by atoms with Gasteiger partial charge >= 0.3 is 0 Å². The highest BCUT2D eigenvalue weighted by Gasteiger charge is 2.09. The Morgan fingerprint density at radius 1 is 1.03 bits per heavy atom. The van der Waals surface area contributed by atoms with E-state index in [1.807, 2.05) is 67.6 Å². The molecular formula is C24H19N3OS2. The number of fused-ring (bicyclic) bond motifs is 1. The molecule has 2 N–H and O–H groups in total. The van der Waals surface area contributed by atoms with Crippen molar-refractivity contribution in [3.63, 3.8) is 0 Å². The molecule has 0 aliphatic carbocycles. The van der Waals surface area contributed by atoms with E-state index >= 15 is 0 Å². The molecule has 148 valence electrons. The number of carbonyl (C=O) groups excluding carboxylic acids is 1. The molecule has 0 fully saturated rings. The molecule has 4 nitrogen and oxygen atoms in total. The van der Waals surface area contributed by atoms with Crippen LogP contribution in [0.25, 0.3) is 26.9 Å². The van der Waals surface area contributed by atoms with Gasteiger partial charge in [0.05, 0.1) is 10.2 Å². The fraction of sp³-hybridized carbons (Fsp3) is 0.0417. The first-order valence-corrected chi connectivity index (χ1v) is 10.6. The van der Waals surface area contributed by atoms with Crippen LogP contribution in [0.2, 0.25) is 0 Å². The summed E-state index contributed by atoms with van der Waals surface area (Å²) in [4.78, 5) is 16.8. The quantitative estimate of drug-likeness (QED) is 0.318. The first-order chi connectivity index (χ1) is 14.6. The Bertz CT molecular complexity index is 1210. The van der Waals surface area contributed by atoms with Gasteiger partial charge in [-0.1, -0.05) is 42.5 Å². The minimum atomic E-state index is -0.278. The van der Waals surface area contributed by atoms with E-state index in [0.717, 1.165) is 32.9 Å². The molecule has 0 aliphatic rings. The van der Waals surface area contributed by atoms with Crippen molar-refractivity contribution >= 4 is 56.6 Å². The SMILES string of the molecule is Cc1cc(-c2nc3ccccc3s2)ccc1NC(=S)NC(=O)/C=C/c1ccccc1. The van der Waals surface area contributed by atoms with E-state index in [1.165, 1.54) is 10.8 Å². The lowest BCUT2D eigenvalue weighted by Gasteiger charge is -2.11. The number of hydrogen-bond donors (Lipinski definition) is 2. The fourth-order valence-electron chi connectivity index (χ4n) is 2.98. The Morgan fingerprint density at radius 2 is 1.80 bits per heavy atom. The van der Waals surface area contributed by atoms with Crippen LogP contribution in [-0.4, -0.2) is 16.0 Å². The van der Waals surface area contributed by atoms with Gasteiger partial charge < -0.3 is 5.32 Å². The first kappa shape index (κ1) is 19.9. The van der Waals surface area contributed by atoms with Crippen molar-refractivity contribution in [3.8, 4) is 10.6 Å². The van der Waals surface area contributed by atoms with Gasteiger partial charge in [0.15, 0.2) is 5.11 Å². The van der Waals surface area contributed by atoms with E-state index in [4.69, 9.17) is 17.2 Å². The number of benzene rings is 3. The number of anilines is 1. The van der Waals surface area contributed by atoms with Crippen molar-refractivity contribution in [1.29, 1.82) is 0 Å². The molecule has 0 saturated carbocycles. The van der Waals surface area contributed by atoms with Crippen molar-refractivity contribution < 1.29 is 4.79 Å². The van der Waals surface area contributed by atoms with Gasteiger partial charge in [-0.3, -0.25) is 10.1 Å². The third-order valence-corrected chi connectivity index (χ3v) is 5.77. The highest BCUT2D eigenvalue weighted by atomic mass is 32.1. The van der Waals surface area contributed by atoms with Gasteiger partial charge in [-0.25, -0.2) is 4.98 Å². The molecule has 0 bridgehead atoms. The van der Waals surface area contributed by atoms with Crippen LogP contribution in [0.3, 0.4) is 0 Å². The maximum absolute atomic E-state index is 12.1. The highest BCUT2D eigenvalue weighted by molar-refractivity contribution is 7.80. The Kier molecular flexibility index (Phi) is 5.97. The molecule has 0 aliphatic heterocycles. The third-order valence-electron chi connectivity index (χ3n) is 4.48. The highest BCUT2D eigenvalue weighted by Crippen LogP contribution is 2.31. The molecule has 1 heterocycles. The minimum Gasteiger partial charge on any atom is -0.332 e. The molecule has 3 aromatic carbocycles. The fourth-order valence-corrected chi connectivity index (χ4v) is 4.15. The number of rotatable bonds is 4. The number of aromatic nitrogens is 1. The molecule has 0 radical (unpaired) electrons. The lowest BCUT2D eigenvalue weighted by Crippen LogP contribution is -2.33. The maximum atomic E-state index is 12.1. The zero-order valence-electron chi connectivity index (χ0n) is 16.3. The summed E-state index contributed by atoms with van der Waals surface area (Å²) >= 11 is 6.95. The second kappa shape index (κ2) is 8.98. The molecule has 1 aromatic heterocycles. The standard InChI is InChI=1S/C24H19N3OS2/c1-16-15-18(23-25-20-9-5-6-10-21(20)30-23)12-13-19(16)26-24(29)27-22(28)14-11-17-7-3-2-4-8-17/h2-15H,1H3,(H2,26,27,28,29)/b14-11+. The van der Waals surface area contributed by atoms with Crippen molar-refractivity contribution in [3.05, 3.63) is 90.0 Å². The Morgan fingerprint density at radius 3 is 2.57 bits per heavy atom. The summed E-state index contributed by atoms with van der Waals surface area (Å²) in [5, 5.41) is 7.00. The predicted octanol–water partition coefficient (Wildman–Crippen LogP) is 5.80. The number of nitrogens with one attached hydrogen (secondary N) is 2. The summed E-state index contributed by atoms with van der Waals surface area (Å²) in [6.07, 6.45) is 3.21. The Balaban J connectivity index is 1.41. The number of hydrogen-bond acceptors (Lipinski definition) is 4. The van der Waals surface area contributed by atoms with Crippen LogP contribution in [0.5, 0.6) is 0 Å². The van der Waals surface area contributed by atoms with E-state index in [-0.39, 0.29) is 11.0 Å². The second-order valence-electron chi connectivity index (χ2n) is 6.70. The molecular weight excluding hydrogens is 410 g/mol. The van der Waals surface area contributed by atoms with Gasteiger partial charge in [-0.05, 0) is 66.7 Å². The van der Waals surface area contributed by atoms with E-state index < -0.39 is 0 Å². The summed E-state index contributed by atoms with van der Waals surface area (Å²) < 4.78 is 1.17. The smallest absolute Gasteiger partial charge is 0.250 e. The number of carbonyl (C=O) groups is 1. The van der Waals surface area contributed by atoms with Crippen molar-refractivity contribution in [2.24, 2.45) is 0 Å². The van der Waals surface area contributed by atoms with Crippen LogP contribution in [-0.2, 0) is 4.79 Å². The summed E-state index contributed by atoms with van der Waals surface area (Å²) in [6, 6.07) is 23.8. The van der Waals surface area contributed by atoms with Gasteiger partial charge in [0.1, 0.15) is 5.01 Å². The summed E-state index contributed by atoms with van der Waals surface area (Å²) in [7, 11) is 0. The maximum Gasteiger partial charge on any atom is 0.250 e. The minimum absolute atomic E-state index is 0.258. The molecule has 1 amide bonds. The molecule has 30 heavy (non-hydrogen) atoms. The van der Waals surface area contributed by atoms with E-state index in [2.05, 4.69) is 22.8 Å². The van der Waals surface area contributed by atoms with Crippen LogP contribution >= 0.6 is 23.6 Å². The predicted molar refractivity (Wildman–Crippen MR) is 130 cm³/mol. The molecule has 0 spiro atoms. The van der Waals surface area contributed by atoms with Crippen LogP contribution in [0.15, 0.2) is 78.9 Å². The van der Waals surface area contributed by atoms with Crippen molar-refractivity contribution in [2.45, 2.75) is 6.92 Å². The van der Waals surface area contributed by atoms with Crippen molar-refractivity contribution in [1.82, 2.24) is 10.3 Å². The van der Waals surface area contributed by atoms with Crippen LogP contribution < -0.4 is 10.6 Å². The number of nitrogens with zero attached hydrogens (tertiary/aromatic N) is 1. The number of amides is 1. The number of thiazole rings is 1. The monoisotopic (exact) mass is 429 g/mol. The molecule has 4 aromatic rings. The molecule has 0 unspecified atom stereocenters. The van der Waals surface area contributed by atoms with Gasteiger partial charge in [-0.2, -0.15) is 0 Å². The summed E-state index contributed by atoms with van der Waals surface area (Å²) in [5.74, 6) is -0.278. The van der Waals surface area contributed by atoms with Gasteiger partial charge in [0.25, 0.3) is 0 Å². The molecule has 6 heteroatoms. The first-order valence-electron chi connectivity index (χ1n) is 9.40. The van der Waals surface area contributed by atoms with Crippen molar-refractivity contribution in [2.75, 3.05) is 5.32 Å². The van der Waals surface area contributed by atoms with Crippen LogP contribution in [0.4, 0.5) is 5.69 Å². The third kappa shape index (κ3) is 4.79. The largest absolute Gasteiger partial charge is 0.332 e. The lowest BCUT2D eigenvalue weighted by molar-refractivity contribution is -0.115. The van der Waals surface area contributed by atoms with E-state index in [9.17, 15) is 4.79 Å². The summed E-state index contributed by atoms with van der Waals surface area (Å²) in [5.41, 5.74) is 4.87. The Labute approximate surface area is 184 Å². The zero-order chi connectivity index (χ0) is 20.9.